The van der Waals surface area contributed by atoms with Gasteiger partial charge in [0.15, 0.2) is 5.82 Å². The normalized spacial score (nSPS) is 10.8. The van der Waals surface area contributed by atoms with Gasteiger partial charge in [-0.3, -0.25) is 4.79 Å². The topological polar surface area (TPSA) is 83.8 Å². The Labute approximate surface area is 108 Å². The minimum Gasteiger partial charge on any atom is -0.360 e. The molecule has 3 aromatic rings. The summed E-state index contributed by atoms with van der Waals surface area (Å²) in [6, 6.07) is 7.08. The second kappa shape index (κ2) is 4.24. The highest BCUT2D eigenvalue weighted by Crippen LogP contribution is 2.18. The number of hydrogen-bond donors (Lipinski definition) is 2. The van der Waals surface area contributed by atoms with E-state index in [1.165, 1.54) is 0 Å². The maximum Gasteiger partial charge on any atom is 0.259 e. The summed E-state index contributed by atoms with van der Waals surface area (Å²) in [6.07, 6.45) is 0. The molecule has 19 heavy (non-hydrogen) atoms. The molecular formula is C13H12N4O2. The maximum absolute atomic E-state index is 12.2. The van der Waals surface area contributed by atoms with Crippen LogP contribution in [0.3, 0.4) is 0 Å². The fourth-order valence-electron chi connectivity index (χ4n) is 1.95. The number of rotatable bonds is 2. The molecule has 1 aromatic carbocycles. The molecule has 6 heteroatoms. The minimum atomic E-state index is -0.259. The van der Waals surface area contributed by atoms with E-state index < -0.39 is 0 Å². The SMILES string of the molecule is Cc1nc2c(C(=O)Nc3cc(C)on3)cccc2[nH]1. The van der Waals surface area contributed by atoms with E-state index in [-0.39, 0.29) is 5.91 Å². The lowest BCUT2D eigenvalue weighted by atomic mass is 10.1. The Bertz CT molecular complexity index is 757. The van der Waals surface area contributed by atoms with Gasteiger partial charge < -0.3 is 14.8 Å². The average molecular weight is 256 g/mol. The molecule has 0 radical (unpaired) electrons. The fraction of sp³-hybridized carbons (Fsp3) is 0.154. The minimum absolute atomic E-state index is 0.259. The number of H-pyrrole nitrogens is 1. The number of benzene rings is 1. The molecule has 0 spiro atoms. The number of carbonyl (C=O) groups is 1. The van der Waals surface area contributed by atoms with Crippen LogP contribution in [0.15, 0.2) is 28.8 Å². The van der Waals surface area contributed by atoms with E-state index in [0.29, 0.717) is 22.7 Å². The number of anilines is 1. The van der Waals surface area contributed by atoms with Crippen molar-refractivity contribution < 1.29 is 9.32 Å². The smallest absolute Gasteiger partial charge is 0.259 e. The molecule has 0 fully saturated rings. The molecule has 0 aliphatic rings. The molecule has 0 aliphatic carbocycles. The first-order valence-corrected chi connectivity index (χ1v) is 5.83. The van der Waals surface area contributed by atoms with Crippen LogP contribution in [0.4, 0.5) is 5.82 Å². The number of hydrogen-bond acceptors (Lipinski definition) is 4. The number of imidazole rings is 1. The van der Waals surface area contributed by atoms with Crippen molar-refractivity contribution in [1.82, 2.24) is 15.1 Å². The zero-order valence-electron chi connectivity index (χ0n) is 10.5. The molecule has 0 unspecified atom stereocenters. The van der Waals surface area contributed by atoms with Crippen molar-refractivity contribution in [2.45, 2.75) is 13.8 Å². The Morgan fingerprint density at radius 2 is 2.21 bits per heavy atom. The summed E-state index contributed by atoms with van der Waals surface area (Å²) in [5, 5.41) is 6.41. The number of para-hydroxylation sites is 1. The molecule has 2 heterocycles. The molecule has 0 saturated carbocycles. The van der Waals surface area contributed by atoms with E-state index in [4.69, 9.17) is 4.52 Å². The van der Waals surface area contributed by atoms with Crippen molar-refractivity contribution in [1.29, 1.82) is 0 Å². The van der Waals surface area contributed by atoms with Crippen molar-refractivity contribution >= 4 is 22.8 Å². The predicted molar refractivity (Wildman–Crippen MR) is 70.0 cm³/mol. The molecule has 0 saturated heterocycles. The highest BCUT2D eigenvalue weighted by Gasteiger charge is 2.14. The van der Waals surface area contributed by atoms with Gasteiger partial charge in [-0.2, -0.15) is 0 Å². The van der Waals surface area contributed by atoms with Gasteiger partial charge in [0.05, 0.1) is 11.1 Å². The third kappa shape index (κ3) is 2.08. The van der Waals surface area contributed by atoms with Gasteiger partial charge in [0.2, 0.25) is 0 Å². The number of nitrogens with zero attached hydrogens (tertiary/aromatic N) is 2. The Hall–Kier alpha value is -2.63. The standard InChI is InChI=1S/C13H12N4O2/c1-7-6-11(17-19-7)16-13(18)9-4-3-5-10-12(9)15-8(2)14-10/h3-6H,1-2H3,(H,14,15)(H,16,17,18). The summed E-state index contributed by atoms with van der Waals surface area (Å²) in [4.78, 5) is 19.6. The summed E-state index contributed by atoms with van der Waals surface area (Å²) < 4.78 is 4.91. The fourth-order valence-corrected chi connectivity index (χ4v) is 1.95. The van der Waals surface area contributed by atoms with Gasteiger partial charge in [-0.15, -0.1) is 0 Å². The quantitative estimate of drug-likeness (QED) is 0.737. The summed E-state index contributed by atoms with van der Waals surface area (Å²) in [5.74, 6) is 1.55. The van der Waals surface area contributed by atoms with Crippen molar-refractivity contribution in [3.63, 3.8) is 0 Å². The van der Waals surface area contributed by atoms with Crippen LogP contribution in [0.2, 0.25) is 0 Å². The molecule has 0 aliphatic heterocycles. The molecule has 6 nitrogen and oxygen atoms in total. The maximum atomic E-state index is 12.2. The lowest BCUT2D eigenvalue weighted by Crippen LogP contribution is -2.12. The largest absolute Gasteiger partial charge is 0.360 e. The average Bonchev–Trinajstić information content (AvgIpc) is 2.93. The number of aromatic nitrogens is 3. The number of aryl methyl sites for hydroxylation is 2. The third-order valence-corrected chi connectivity index (χ3v) is 2.75. The molecule has 96 valence electrons. The molecule has 3 rings (SSSR count). The zero-order valence-corrected chi connectivity index (χ0v) is 10.5. The Kier molecular flexibility index (Phi) is 2.56. The van der Waals surface area contributed by atoms with Crippen molar-refractivity contribution in [3.8, 4) is 0 Å². The second-order valence-electron chi connectivity index (χ2n) is 4.30. The van der Waals surface area contributed by atoms with Gasteiger partial charge >= 0.3 is 0 Å². The lowest BCUT2D eigenvalue weighted by molar-refractivity contribution is 0.102. The highest BCUT2D eigenvalue weighted by molar-refractivity contribution is 6.11. The monoisotopic (exact) mass is 256 g/mol. The predicted octanol–water partition coefficient (Wildman–Crippen LogP) is 2.42. The van der Waals surface area contributed by atoms with Crippen LogP contribution < -0.4 is 5.32 Å². The van der Waals surface area contributed by atoms with Crippen LogP contribution in [0.1, 0.15) is 21.9 Å². The van der Waals surface area contributed by atoms with E-state index in [0.717, 1.165) is 11.3 Å². The van der Waals surface area contributed by atoms with Gasteiger partial charge in [0, 0.05) is 6.07 Å². The molecule has 0 bridgehead atoms. The third-order valence-electron chi connectivity index (χ3n) is 2.75. The number of carbonyl (C=O) groups excluding carboxylic acids is 1. The first kappa shape index (κ1) is 11.5. The van der Waals surface area contributed by atoms with Crippen molar-refractivity contribution in [2.24, 2.45) is 0 Å². The molecule has 2 aromatic heterocycles. The molecular weight excluding hydrogens is 244 g/mol. The van der Waals surface area contributed by atoms with E-state index >= 15 is 0 Å². The Balaban J connectivity index is 1.97. The van der Waals surface area contributed by atoms with Crippen LogP contribution in [0, 0.1) is 13.8 Å². The van der Waals surface area contributed by atoms with Crippen LogP contribution >= 0.6 is 0 Å². The highest BCUT2D eigenvalue weighted by atomic mass is 16.5. The zero-order chi connectivity index (χ0) is 13.4. The molecule has 1 amide bonds. The first-order chi connectivity index (χ1) is 9.13. The second-order valence-corrected chi connectivity index (χ2v) is 4.30. The summed E-state index contributed by atoms with van der Waals surface area (Å²) in [6.45, 7) is 3.61. The number of nitrogens with one attached hydrogen (secondary N) is 2. The van der Waals surface area contributed by atoms with Crippen molar-refractivity contribution in [2.75, 3.05) is 5.32 Å². The van der Waals surface area contributed by atoms with Crippen LogP contribution in [0.25, 0.3) is 11.0 Å². The van der Waals surface area contributed by atoms with Crippen LogP contribution in [0.5, 0.6) is 0 Å². The van der Waals surface area contributed by atoms with E-state index in [1.54, 1.807) is 19.1 Å². The van der Waals surface area contributed by atoms with Gasteiger partial charge in [-0.25, -0.2) is 4.98 Å². The summed E-state index contributed by atoms with van der Waals surface area (Å²) in [5.41, 5.74) is 1.99. The van der Waals surface area contributed by atoms with E-state index in [1.807, 2.05) is 19.1 Å². The Morgan fingerprint density at radius 1 is 1.37 bits per heavy atom. The Morgan fingerprint density at radius 3 is 2.95 bits per heavy atom. The van der Waals surface area contributed by atoms with Crippen LogP contribution in [-0.4, -0.2) is 21.0 Å². The van der Waals surface area contributed by atoms with Crippen molar-refractivity contribution in [3.05, 3.63) is 41.4 Å². The van der Waals surface area contributed by atoms with Gasteiger partial charge in [-0.1, -0.05) is 11.2 Å². The summed E-state index contributed by atoms with van der Waals surface area (Å²) >= 11 is 0. The first-order valence-electron chi connectivity index (χ1n) is 5.83. The van der Waals surface area contributed by atoms with Gasteiger partial charge in [0.1, 0.15) is 17.1 Å². The molecule has 2 N–H and O–H groups in total. The van der Waals surface area contributed by atoms with E-state index in [9.17, 15) is 4.79 Å². The van der Waals surface area contributed by atoms with E-state index in [2.05, 4.69) is 20.4 Å². The lowest BCUT2D eigenvalue weighted by Gasteiger charge is -2.01. The van der Waals surface area contributed by atoms with Gasteiger partial charge in [0.25, 0.3) is 5.91 Å². The number of fused-ring (bicyclic) bond motifs is 1. The van der Waals surface area contributed by atoms with Crippen LogP contribution in [-0.2, 0) is 0 Å². The number of amides is 1. The number of aromatic amines is 1. The summed E-state index contributed by atoms with van der Waals surface area (Å²) in [7, 11) is 0. The molecule has 0 atom stereocenters. The van der Waals surface area contributed by atoms with Gasteiger partial charge in [-0.05, 0) is 26.0 Å².